The van der Waals surface area contributed by atoms with E-state index < -0.39 is 0 Å². The second-order valence-electron chi connectivity index (χ2n) is 1.97. The molecule has 0 radical (unpaired) electrons. The zero-order chi connectivity index (χ0) is 5.82. The molecule has 1 N–H and O–H groups in total. The third-order valence-electron chi connectivity index (χ3n) is 1.35. The van der Waals surface area contributed by atoms with Crippen LogP contribution < -0.4 is 5.09 Å². The van der Waals surface area contributed by atoms with Crippen molar-refractivity contribution in [1.29, 1.82) is 0 Å². The minimum absolute atomic E-state index is 0.876. The molecule has 1 saturated heterocycles. The molecule has 0 aliphatic carbocycles. The van der Waals surface area contributed by atoms with Gasteiger partial charge in [-0.15, -0.1) is 0 Å². The van der Waals surface area contributed by atoms with Gasteiger partial charge in [0.15, 0.2) is 0 Å². The average Bonchev–Trinajstić information content (AvgIpc) is 1.90. The van der Waals surface area contributed by atoms with Crippen molar-refractivity contribution < 1.29 is 0 Å². The van der Waals surface area contributed by atoms with Crippen LogP contribution in [0, 0.1) is 0 Å². The number of hydrogen-bond acceptors (Lipinski definition) is 2. The van der Waals surface area contributed by atoms with E-state index in [9.17, 15) is 0 Å². The molecule has 1 unspecified atom stereocenters. The average molecular weight is 132 g/mol. The van der Waals surface area contributed by atoms with Gasteiger partial charge < -0.3 is 0 Å². The maximum Gasteiger partial charge on any atom is 0.0211 e. The first-order chi connectivity index (χ1) is 3.93. The van der Waals surface area contributed by atoms with Gasteiger partial charge in [-0.05, 0) is 6.42 Å². The molecule has 0 amide bonds. The summed E-state index contributed by atoms with van der Waals surface area (Å²) in [6, 6.07) is 0. The van der Waals surface area contributed by atoms with E-state index in [1.807, 2.05) is 0 Å². The summed E-state index contributed by atoms with van der Waals surface area (Å²) in [6.07, 6.45) is 1.32. The Morgan fingerprint density at radius 3 is 3.00 bits per heavy atom. The lowest BCUT2D eigenvalue weighted by molar-refractivity contribution is 0.446. The smallest absolute Gasteiger partial charge is 0.0211 e. The van der Waals surface area contributed by atoms with E-state index in [4.69, 9.17) is 0 Å². The normalized spacial score (nSPS) is 26.6. The highest BCUT2D eigenvalue weighted by Gasteiger charge is 2.04. The van der Waals surface area contributed by atoms with E-state index in [2.05, 4.69) is 16.7 Å². The highest BCUT2D eigenvalue weighted by molar-refractivity contribution is 7.32. The summed E-state index contributed by atoms with van der Waals surface area (Å²) in [5, 5.41) is 3.34. The zero-order valence-corrected chi connectivity index (χ0v) is 6.28. The number of nitrogens with one attached hydrogen (secondary N) is 1. The Hall–Kier alpha value is 0.350. The fourth-order valence-corrected chi connectivity index (χ4v) is 1.76. The Bertz CT molecular complexity index is 61.4. The SMILES string of the molecule is CCN1CCCNP1. The van der Waals surface area contributed by atoms with Crippen LogP contribution >= 0.6 is 8.88 Å². The third-order valence-corrected chi connectivity index (χ3v) is 2.61. The van der Waals surface area contributed by atoms with Crippen LogP contribution in [0.25, 0.3) is 0 Å². The number of rotatable bonds is 1. The molecular formula is C5H13N2P. The molecule has 0 saturated carbocycles. The van der Waals surface area contributed by atoms with Crippen LogP contribution in [0.1, 0.15) is 13.3 Å². The largest absolute Gasteiger partial charge is 0.286 e. The lowest BCUT2D eigenvalue weighted by atomic mass is 10.4. The molecule has 0 spiro atoms. The van der Waals surface area contributed by atoms with Crippen LogP contribution in [-0.4, -0.2) is 24.3 Å². The van der Waals surface area contributed by atoms with Gasteiger partial charge in [0.1, 0.15) is 0 Å². The van der Waals surface area contributed by atoms with Crippen molar-refractivity contribution in [1.82, 2.24) is 9.76 Å². The zero-order valence-electron chi connectivity index (χ0n) is 5.28. The summed E-state index contributed by atoms with van der Waals surface area (Å²) in [4.78, 5) is 0. The first-order valence-electron chi connectivity index (χ1n) is 3.17. The van der Waals surface area contributed by atoms with Crippen LogP contribution in [0.15, 0.2) is 0 Å². The first kappa shape index (κ1) is 6.47. The summed E-state index contributed by atoms with van der Waals surface area (Å²) in [5.74, 6) is 0. The minimum Gasteiger partial charge on any atom is -0.286 e. The standard InChI is InChI=1S/C5H13N2P/c1-2-7-5-3-4-6-8-7/h6,8H,2-5H2,1H3. The molecule has 1 fully saturated rings. The van der Waals surface area contributed by atoms with Gasteiger partial charge in [-0.1, -0.05) is 6.92 Å². The van der Waals surface area contributed by atoms with Crippen molar-refractivity contribution in [3.63, 3.8) is 0 Å². The summed E-state index contributed by atoms with van der Waals surface area (Å²) >= 11 is 0. The van der Waals surface area contributed by atoms with Crippen LogP contribution in [0.4, 0.5) is 0 Å². The van der Waals surface area contributed by atoms with Gasteiger partial charge in [-0.3, -0.25) is 9.76 Å². The highest BCUT2D eigenvalue weighted by atomic mass is 31.1. The number of hydrogen-bond donors (Lipinski definition) is 1. The summed E-state index contributed by atoms with van der Waals surface area (Å²) in [7, 11) is 0.876. The van der Waals surface area contributed by atoms with E-state index in [0.717, 1.165) is 8.88 Å². The second kappa shape index (κ2) is 3.39. The molecule has 0 bridgehead atoms. The summed E-state index contributed by atoms with van der Waals surface area (Å²) in [5.41, 5.74) is 0. The van der Waals surface area contributed by atoms with Crippen molar-refractivity contribution >= 4 is 8.88 Å². The van der Waals surface area contributed by atoms with Gasteiger partial charge in [-0.25, -0.2) is 0 Å². The van der Waals surface area contributed by atoms with Gasteiger partial charge >= 0.3 is 0 Å². The fraction of sp³-hybridized carbons (Fsp3) is 1.00. The van der Waals surface area contributed by atoms with Gasteiger partial charge in [0, 0.05) is 28.5 Å². The van der Waals surface area contributed by atoms with Crippen molar-refractivity contribution in [2.75, 3.05) is 19.6 Å². The van der Waals surface area contributed by atoms with Crippen LogP contribution in [-0.2, 0) is 0 Å². The molecule has 0 aromatic heterocycles. The molecule has 1 heterocycles. The van der Waals surface area contributed by atoms with Gasteiger partial charge in [-0.2, -0.15) is 0 Å². The van der Waals surface area contributed by atoms with Gasteiger partial charge in [0.25, 0.3) is 0 Å². The summed E-state index contributed by atoms with van der Waals surface area (Å²) in [6.45, 7) is 5.92. The third kappa shape index (κ3) is 1.70. The molecular weight excluding hydrogens is 119 g/mol. The Balaban J connectivity index is 2.13. The molecule has 2 nitrogen and oxygen atoms in total. The Labute approximate surface area is 52.5 Å². The van der Waals surface area contributed by atoms with Gasteiger partial charge in [0.2, 0.25) is 0 Å². The van der Waals surface area contributed by atoms with Crippen LogP contribution in [0.5, 0.6) is 0 Å². The Morgan fingerprint density at radius 1 is 1.75 bits per heavy atom. The van der Waals surface area contributed by atoms with E-state index in [0.29, 0.717) is 0 Å². The van der Waals surface area contributed by atoms with Crippen molar-refractivity contribution in [2.45, 2.75) is 13.3 Å². The molecule has 1 aliphatic rings. The van der Waals surface area contributed by atoms with E-state index in [-0.39, 0.29) is 0 Å². The monoisotopic (exact) mass is 132 g/mol. The summed E-state index contributed by atoms with van der Waals surface area (Å²) < 4.78 is 2.43. The molecule has 48 valence electrons. The second-order valence-corrected chi connectivity index (χ2v) is 3.18. The lowest BCUT2D eigenvalue weighted by Crippen LogP contribution is -2.27. The fourth-order valence-electron chi connectivity index (χ4n) is 0.819. The molecule has 1 atom stereocenters. The van der Waals surface area contributed by atoms with Crippen molar-refractivity contribution in [3.8, 4) is 0 Å². The first-order valence-corrected chi connectivity index (χ1v) is 4.11. The predicted molar refractivity (Wildman–Crippen MR) is 38.2 cm³/mol. The lowest BCUT2D eigenvalue weighted by Gasteiger charge is -2.24. The molecule has 1 rings (SSSR count). The Kier molecular flexibility index (Phi) is 2.74. The Morgan fingerprint density at radius 2 is 2.62 bits per heavy atom. The van der Waals surface area contributed by atoms with E-state index in [1.165, 1.54) is 26.1 Å². The van der Waals surface area contributed by atoms with Crippen molar-refractivity contribution in [2.24, 2.45) is 0 Å². The topological polar surface area (TPSA) is 15.3 Å². The minimum atomic E-state index is 0.876. The van der Waals surface area contributed by atoms with Crippen LogP contribution in [0.2, 0.25) is 0 Å². The van der Waals surface area contributed by atoms with Gasteiger partial charge in [0.05, 0.1) is 0 Å². The maximum atomic E-state index is 3.34. The van der Waals surface area contributed by atoms with Crippen molar-refractivity contribution in [3.05, 3.63) is 0 Å². The quantitative estimate of drug-likeness (QED) is 0.531. The molecule has 8 heavy (non-hydrogen) atoms. The number of nitrogens with zero attached hydrogens (tertiary/aromatic N) is 1. The molecule has 0 aromatic rings. The molecule has 0 aromatic carbocycles. The van der Waals surface area contributed by atoms with Crippen LogP contribution in [0.3, 0.4) is 0 Å². The highest BCUT2D eigenvalue weighted by Crippen LogP contribution is 2.16. The predicted octanol–water partition coefficient (Wildman–Crippen LogP) is 0.810. The molecule has 3 heteroatoms. The van der Waals surface area contributed by atoms with E-state index >= 15 is 0 Å². The molecule has 1 aliphatic heterocycles. The maximum absolute atomic E-state index is 3.34. The van der Waals surface area contributed by atoms with E-state index in [1.54, 1.807) is 0 Å².